The average Bonchev–Trinajstić information content (AvgIpc) is 2.30. The van der Waals surface area contributed by atoms with Crippen molar-refractivity contribution in [2.45, 2.75) is 33.6 Å². The number of carbonyl (C=O) groups is 1. The summed E-state index contributed by atoms with van der Waals surface area (Å²) in [4.78, 5) is 11.2. The quantitative estimate of drug-likeness (QED) is 0.608. The molecular weight excluding hydrogens is 214 g/mol. The maximum atomic E-state index is 11.2. The van der Waals surface area contributed by atoms with Gasteiger partial charge in [-0.25, -0.2) is 5.48 Å². The van der Waals surface area contributed by atoms with E-state index in [1.165, 1.54) is 5.56 Å². The first-order valence-corrected chi connectivity index (χ1v) is 6.04. The fraction of sp³-hybridized carbons (Fsp3) is 0.500. The van der Waals surface area contributed by atoms with E-state index in [9.17, 15) is 4.79 Å². The second-order valence-corrected chi connectivity index (χ2v) is 5.00. The van der Waals surface area contributed by atoms with Crippen LogP contribution in [0.5, 0.6) is 0 Å². The lowest BCUT2D eigenvalue weighted by molar-refractivity contribution is -0.132. The van der Waals surface area contributed by atoms with Gasteiger partial charge < -0.3 is 0 Å². The molecule has 1 amide bonds. The van der Waals surface area contributed by atoms with Gasteiger partial charge in [-0.05, 0) is 29.9 Å². The predicted molar refractivity (Wildman–Crippen MR) is 67.8 cm³/mol. The molecule has 94 valence electrons. The summed E-state index contributed by atoms with van der Waals surface area (Å²) in [6.07, 6.45) is 1.72. The zero-order valence-electron chi connectivity index (χ0n) is 10.7. The molecule has 0 bridgehead atoms. The first kappa shape index (κ1) is 13.7. The predicted octanol–water partition coefficient (Wildman–Crippen LogP) is 2.57. The van der Waals surface area contributed by atoms with Crippen molar-refractivity contribution >= 4 is 5.91 Å². The second-order valence-electron chi connectivity index (χ2n) is 5.00. The van der Waals surface area contributed by atoms with Crippen LogP contribution < -0.4 is 5.48 Å². The summed E-state index contributed by atoms with van der Waals surface area (Å²) in [6.45, 7) is 6.19. The Hall–Kier alpha value is -1.35. The number of hydroxylamine groups is 1. The van der Waals surface area contributed by atoms with Crippen LogP contribution in [0.2, 0.25) is 0 Å². The third kappa shape index (κ3) is 4.57. The Bertz CT molecular complexity index is 357. The molecule has 0 aliphatic heterocycles. The lowest BCUT2D eigenvalue weighted by atomic mass is 9.97. The molecule has 3 heteroatoms. The number of hydrogen-bond acceptors (Lipinski definition) is 2. The van der Waals surface area contributed by atoms with Crippen molar-refractivity contribution in [3.05, 3.63) is 35.4 Å². The molecule has 0 fully saturated rings. The Morgan fingerprint density at radius 3 is 2.00 bits per heavy atom. The summed E-state index contributed by atoms with van der Waals surface area (Å²) < 4.78 is 0. The average molecular weight is 235 g/mol. The van der Waals surface area contributed by atoms with Gasteiger partial charge in [0.25, 0.3) is 0 Å². The monoisotopic (exact) mass is 235 g/mol. The van der Waals surface area contributed by atoms with Crippen LogP contribution >= 0.6 is 0 Å². The molecule has 1 rings (SSSR count). The molecule has 3 nitrogen and oxygen atoms in total. The number of amides is 1. The smallest absolute Gasteiger partial charge is 0.246 e. The van der Waals surface area contributed by atoms with Gasteiger partial charge in [-0.3, -0.25) is 10.0 Å². The van der Waals surface area contributed by atoms with E-state index in [0.29, 0.717) is 12.3 Å². The number of nitrogens with one attached hydrogen (secondary N) is 1. The molecule has 0 saturated carbocycles. The van der Waals surface area contributed by atoms with Gasteiger partial charge >= 0.3 is 0 Å². The highest BCUT2D eigenvalue weighted by atomic mass is 16.5. The Balaban J connectivity index is 2.59. The van der Waals surface area contributed by atoms with Crippen LogP contribution in [0.25, 0.3) is 0 Å². The molecule has 17 heavy (non-hydrogen) atoms. The van der Waals surface area contributed by atoms with Crippen LogP contribution in [0.1, 0.15) is 31.9 Å². The summed E-state index contributed by atoms with van der Waals surface area (Å²) >= 11 is 0. The zero-order chi connectivity index (χ0) is 12.8. The lowest BCUT2D eigenvalue weighted by Gasteiger charge is -2.10. The van der Waals surface area contributed by atoms with Gasteiger partial charge in [-0.2, -0.15) is 0 Å². The highest BCUT2D eigenvalue weighted by molar-refractivity contribution is 5.77. The standard InChI is InChI=1S/C14H21NO2/c1-10(2)8-12-4-6-13(7-5-12)9-11(3)14(16)15-17/h4-7,10-11,17H,8-9H2,1-3H3,(H,15,16). The molecule has 1 aromatic rings. The highest BCUT2D eigenvalue weighted by Crippen LogP contribution is 2.13. The third-order valence-electron chi connectivity index (χ3n) is 2.77. The fourth-order valence-corrected chi connectivity index (χ4v) is 1.84. The first-order valence-electron chi connectivity index (χ1n) is 6.04. The molecule has 0 spiro atoms. The van der Waals surface area contributed by atoms with Crippen molar-refractivity contribution in [1.82, 2.24) is 5.48 Å². The van der Waals surface area contributed by atoms with Gasteiger partial charge in [0.15, 0.2) is 0 Å². The topological polar surface area (TPSA) is 49.3 Å². The van der Waals surface area contributed by atoms with Crippen LogP contribution in [0.3, 0.4) is 0 Å². The molecule has 1 atom stereocenters. The van der Waals surface area contributed by atoms with Crippen molar-refractivity contribution in [1.29, 1.82) is 0 Å². The summed E-state index contributed by atoms with van der Waals surface area (Å²) in [5, 5.41) is 8.53. The Morgan fingerprint density at radius 1 is 1.12 bits per heavy atom. The third-order valence-corrected chi connectivity index (χ3v) is 2.77. The minimum atomic E-state index is -0.337. The summed E-state index contributed by atoms with van der Waals surface area (Å²) in [5.74, 6) is 0.104. The van der Waals surface area contributed by atoms with Crippen molar-refractivity contribution in [3.63, 3.8) is 0 Å². The number of hydrogen-bond donors (Lipinski definition) is 2. The lowest BCUT2D eigenvalue weighted by Crippen LogP contribution is -2.27. The molecular formula is C14H21NO2. The fourth-order valence-electron chi connectivity index (χ4n) is 1.84. The Kier molecular flexibility index (Phi) is 5.16. The van der Waals surface area contributed by atoms with Gasteiger partial charge in [-0.1, -0.05) is 45.0 Å². The Morgan fingerprint density at radius 2 is 1.59 bits per heavy atom. The summed E-state index contributed by atoms with van der Waals surface area (Å²) in [7, 11) is 0. The largest absolute Gasteiger partial charge is 0.289 e. The first-order chi connectivity index (χ1) is 8.02. The van der Waals surface area contributed by atoms with Gasteiger partial charge in [-0.15, -0.1) is 0 Å². The second kappa shape index (κ2) is 6.40. The number of rotatable bonds is 5. The molecule has 0 aliphatic carbocycles. The Labute approximate surface area is 103 Å². The summed E-state index contributed by atoms with van der Waals surface area (Å²) in [5.41, 5.74) is 4.12. The van der Waals surface area contributed by atoms with Crippen molar-refractivity contribution < 1.29 is 10.0 Å². The minimum absolute atomic E-state index is 0.212. The highest BCUT2D eigenvalue weighted by Gasteiger charge is 2.12. The van der Waals surface area contributed by atoms with Gasteiger partial charge in [0.2, 0.25) is 5.91 Å². The minimum Gasteiger partial charge on any atom is -0.289 e. The zero-order valence-corrected chi connectivity index (χ0v) is 10.7. The maximum absolute atomic E-state index is 11.2. The molecule has 0 aromatic heterocycles. The molecule has 0 radical (unpaired) electrons. The van der Waals surface area contributed by atoms with Crippen LogP contribution in [0, 0.1) is 11.8 Å². The van der Waals surface area contributed by atoms with Crippen LogP contribution in [-0.2, 0) is 17.6 Å². The van der Waals surface area contributed by atoms with E-state index in [4.69, 9.17) is 5.21 Å². The van der Waals surface area contributed by atoms with Gasteiger partial charge in [0, 0.05) is 5.92 Å². The van der Waals surface area contributed by atoms with E-state index in [1.54, 1.807) is 12.4 Å². The van der Waals surface area contributed by atoms with E-state index in [0.717, 1.165) is 12.0 Å². The van der Waals surface area contributed by atoms with E-state index < -0.39 is 0 Å². The van der Waals surface area contributed by atoms with Gasteiger partial charge in [0.05, 0.1) is 0 Å². The maximum Gasteiger partial charge on any atom is 0.246 e. The number of benzene rings is 1. The van der Waals surface area contributed by atoms with E-state index in [2.05, 4.69) is 38.1 Å². The van der Waals surface area contributed by atoms with E-state index >= 15 is 0 Å². The molecule has 1 unspecified atom stereocenters. The molecule has 2 N–H and O–H groups in total. The SMILES string of the molecule is CC(C)Cc1ccc(CC(C)C(=O)NO)cc1. The normalized spacial score (nSPS) is 12.5. The molecule has 0 aliphatic rings. The molecule has 0 heterocycles. The van der Waals surface area contributed by atoms with E-state index in [-0.39, 0.29) is 11.8 Å². The number of carbonyl (C=O) groups excluding carboxylic acids is 1. The van der Waals surface area contributed by atoms with E-state index in [1.807, 2.05) is 0 Å². The van der Waals surface area contributed by atoms with Crippen LogP contribution in [0.4, 0.5) is 0 Å². The van der Waals surface area contributed by atoms with Crippen LogP contribution in [0.15, 0.2) is 24.3 Å². The molecule has 0 saturated heterocycles. The van der Waals surface area contributed by atoms with Gasteiger partial charge in [0.1, 0.15) is 0 Å². The summed E-state index contributed by atoms with van der Waals surface area (Å²) in [6, 6.07) is 8.33. The van der Waals surface area contributed by atoms with Crippen LogP contribution in [-0.4, -0.2) is 11.1 Å². The van der Waals surface area contributed by atoms with Crippen molar-refractivity contribution in [2.24, 2.45) is 11.8 Å². The molecule has 1 aromatic carbocycles. The van der Waals surface area contributed by atoms with Crippen molar-refractivity contribution in [3.8, 4) is 0 Å². The van der Waals surface area contributed by atoms with Crippen molar-refractivity contribution in [2.75, 3.05) is 0 Å².